The van der Waals surface area contributed by atoms with E-state index in [1.165, 1.54) is 43.3 Å². The van der Waals surface area contributed by atoms with Gasteiger partial charge in [0, 0.05) is 35.3 Å². The molecule has 2 aliphatic heterocycles. The molecule has 3 aromatic heterocycles. The van der Waals surface area contributed by atoms with Gasteiger partial charge in [-0.15, -0.1) is 11.8 Å². The number of hydrogen-bond donors (Lipinski definition) is 2. The van der Waals surface area contributed by atoms with Crippen molar-refractivity contribution < 1.29 is 22.4 Å². The van der Waals surface area contributed by atoms with Crippen LogP contribution in [0.3, 0.4) is 0 Å². The third-order valence-corrected chi connectivity index (χ3v) is 9.02. The van der Waals surface area contributed by atoms with Gasteiger partial charge in [-0.2, -0.15) is 18.3 Å². The summed E-state index contributed by atoms with van der Waals surface area (Å²) < 4.78 is 55.9. The minimum atomic E-state index is -4.60. The van der Waals surface area contributed by atoms with Gasteiger partial charge in [0.25, 0.3) is 0 Å². The van der Waals surface area contributed by atoms with Crippen LogP contribution in [0, 0.1) is 18.7 Å². The van der Waals surface area contributed by atoms with Gasteiger partial charge in [0.15, 0.2) is 17.3 Å². The number of amides is 1. The van der Waals surface area contributed by atoms with Gasteiger partial charge in [-0.25, -0.2) is 14.4 Å². The summed E-state index contributed by atoms with van der Waals surface area (Å²) in [5, 5.41) is 9.91. The molecule has 36 heavy (non-hydrogen) atoms. The standard InChI is InChI=1S/C23H23F4N7OS/c1-12-4-18(23(25,26)27)32-34(12)9-19(35)30-15-6-16(24)21(28-7-15)33-8-17(29-11-33)20-22(10-36-20)13-2-3-14(5-13)31-22/h4,6-8,11,13-14,20,31H,2-3,5,9-10H2,1H3,(H,30,35)/t13-,14+,20+,22?/m0/s1. The van der Waals surface area contributed by atoms with Gasteiger partial charge < -0.3 is 10.6 Å². The number of piperidine rings is 1. The molecule has 1 saturated carbocycles. The number of fused-ring (bicyclic) bond motifs is 3. The first-order valence-corrected chi connectivity index (χ1v) is 12.7. The highest BCUT2D eigenvalue weighted by Crippen LogP contribution is 2.60. The molecular weight excluding hydrogens is 498 g/mol. The fraction of sp³-hybridized carbons (Fsp3) is 0.478. The summed E-state index contributed by atoms with van der Waals surface area (Å²) in [6.07, 6.45) is 3.71. The van der Waals surface area contributed by atoms with E-state index in [1.54, 1.807) is 6.20 Å². The van der Waals surface area contributed by atoms with E-state index >= 15 is 0 Å². The number of alkyl halides is 3. The average Bonchev–Trinajstić information content (AvgIpc) is 3.58. The monoisotopic (exact) mass is 521 g/mol. The molecule has 1 amide bonds. The van der Waals surface area contributed by atoms with Crippen LogP contribution >= 0.6 is 11.8 Å². The number of halogens is 4. The predicted molar refractivity (Wildman–Crippen MR) is 124 cm³/mol. The summed E-state index contributed by atoms with van der Waals surface area (Å²) in [5.41, 5.74) is 0.160. The molecule has 5 heterocycles. The molecule has 0 aromatic carbocycles. The van der Waals surface area contributed by atoms with E-state index in [0.29, 0.717) is 12.0 Å². The molecule has 1 spiro atoms. The largest absolute Gasteiger partial charge is 0.435 e. The zero-order valence-corrected chi connectivity index (χ0v) is 20.0. The van der Waals surface area contributed by atoms with Crippen LogP contribution in [0.25, 0.3) is 5.82 Å². The van der Waals surface area contributed by atoms with Crippen molar-refractivity contribution in [2.45, 2.75) is 55.7 Å². The number of anilines is 1. The van der Waals surface area contributed by atoms with Crippen molar-refractivity contribution in [3.8, 4) is 5.82 Å². The molecule has 2 saturated heterocycles. The molecule has 6 rings (SSSR count). The van der Waals surface area contributed by atoms with E-state index in [2.05, 4.69) is 25.7 Å². The number of nitrogens with one attached hydrogen (secondary N) is 2. The maximum absolute atomic E-state index is 14.9. The smallest absolute Gasteiger partial charge is 0.323 e. The van der Waals surface area contributed by atoms with Gasteiger partial charge >= 0.3 is 6.18 Å². The van der Waals surface area contributed by atoms with Crippen molar-refractivity contribution in [2.24, 2.45) is 5.92 Å². The number of rotatable bonds is 5. The second-order valence-electron chi connectivity index (χ2n) is 9.69. The maximum atomic E-state index is 14.9. The summed E-state index contributed by atoms with van der Waals surface area (Å²) in [7, 11) is 0. The first-order valence-electron chi connectivity index (χ1n) is 11.6. The number of carbonyl (C=O) groups is 1. The highest BCUT2D eigenvalue weighted by molar-refractivity contribution is 8.01. The number of nitrogens with zero attached hydrogens (tertiary/aromatic N) is 5. The molecule has 3 aliphatic rings. The van der Waals surface area contributed by atoms with Crippen LogP contribution in [0.5, 0.6) is 0 Å². The molecule has 1 unspecified atom stereocenters. The fourth-order valence-corrected chi connectivity index (χ4v) is 7.21. The molecule has 190 valence electrons. The van der Waals surface area contributed by atoms with Crippen molar-refractivity contribution in [1.29, 1.82) is 0 Å². The maximum Gasteiger partial charge on any atom is 0.435 e. The molecular formula is C23H23F4N7OS. The van der Waals surface area contributed by atoms with E-state index in [0.717, 1.165) is 28.3 Å². The lowest BCUT2D eigenvalue weighted by Gasteiger charge is -2.51. The minimum Gasteiger partial charge on any atom is -0.323 e. The number of hydrogen-bond acceptors (Lipinski definition) is 6. The van der Waals surface area contributed by atoms with Crippen LogP contribution in [0.1, 0.15) is 41.6 Å². The van der Waals surface area contributed by atoms with E-state index in [1.807, 2.05) is 11.8 Å². The van der Waals surface area contributed by atoms with E-state index in [9.17, 15) is 22.4 Å². The summed E-state index contributed by atoms with van der Waals surface area (Å²) in [4.78, 5) is 21.0. The van der Waals surface area contributed by atoms with Crippen molar-refractivity contribution in [3.63, 3.8) is 0 Å². The van der Waals surface area contributed by atoms with Gasteiger partial charge in [0.2, 0.25) is 5.91 Å². The van der Waals surface area contributed by atoms with Crippen molar-refractivity contribution >= 4 is 23.4 Å². The molecule has 0 radical (unpaired) electrons. The summed E-state index contributed by atoms with van der Waals surface area (Å²) in [6.45, 7) is 0.967. The summed E-state index contributed by atoms with van der Waals surface area (Å²) >= 11 is 1.85. The van der Waals surface area contributed by atoms with Crippen LogP contribution in [0.2, 0.25) is 0 Å². The Bertz CT molecular complexity index is 1340. The Morgan fingerprint density at radius 3 is 2.75 bits per heavy atom. The minimum absolute atomic E-state index is 0.0452. The predicted octanol–water partition coefficient (Wildman–Crippen LogP) is 3.87. The topological polar surface area (TPSA) is 89.7 Å². The van der Waals surface area contributed by atoms with Crippen molar-refractivity contribution in [1.82, 2.24) is 29.6 Å². The van der Waals surface area contributed by atoms with Crippen LogP contribution in [0.15, 0.2) is 30.9 Å². The molecule has 8 nitrogen and oxygen atoms in total. The van der Waals surface area contributed by atoms with Crippen LogP contribution in [-0.2, 0) is 17.5 Å². The van der Waals surface area contributed by atoms with Gasteiger partial charge in [-0.3, -0.25) is 14.0 Å². The van der Waals surface area contributed by atoms with Crippen molar-refractivity contribution in [3.05, 3.63) is 53.8 Å². The zero-order chi connectivity index (χ0) is 25.2. The van der Waals surface area contributed by atoms with E-state index in [4.69, 9.17) is 0 Å². The Morgan fingerprint density at radius 1 is 1.31 bits per heavy atom. The summed E-state index contributed by atoms with van der Waals surface area (Å²) in [6, 6.07) is 2.57. The molecule has 4 atom stereocenters. The fourth-order valence-electron chi connectivity index (χ4n) is 5.65. The van der Waals surface area contributed by atoms with Gasteiger partial charge in [0.1, 0.15) is 12.9 Å². The van der Waals surface area contributed by atoms with Gasteiger partial charge in [-0.05, 0) is 38.2 Å². The van der Waals surface area contributed by atoms with Crippen LogP contribution < -0.4 is 10.6 Å². The van der Waals surface area contributed by atoms with Crippen LogP contribution in [-0.4, -0.2) is 47.6 Å². The van der Waals surface area contributed by atoms with Crippen LogP contribution in [0.4, 0.5) is 23.2 Å². The summed E-state index contributed by atoms with van der Waals surface area (Å²) in [5.74, 6) is 0.438. The van der Waals surface area contributed by atoms with E-state index in [-0.39, 0.29) is 28.0 Å². The second kappa shape index (κ2) is 8.30. The van der Waals surface area contributed by atoms with Gasteiger partial charge in [0.05, 0.1) is 22.8 Å². The van der Waals surface area contributed by atoms with Gasteiger partial charge in [-0.1, -0.05) is 0 Å². The highest BCUT2D eigenvalue weighted by Gasteiger charge is 2.60. The number of carbonyl (C=O) groups excluding carboxylic acids is 1. The molecule has 3 fully saturated rings. The Morgan fingerprint density at radius 2 is 2.14 bits per heavy atom. The van der Waals surface area contributed by atoms with E-state index < -0.39 is 30.1 Å². The number of imidazole rings is 1. The number of aryl methyl sites for hydroxylation is 1. The first-order chi connectivity index (χ1) is 17.1. The lowest BCUT2D eigenvalue weighted by Crippen LogP contribution is -2.60. The normalized spacial score (nSPS) is 27.0. The molecule has 1 aliphatic carbocycles. The SMILES string of the molecule is Cc1cc(C(F)(F)F)nn1CC(=O)Nc1cnc(-n2cnc([C@H]3SCC34N[C@@H]3CC[C@H]4C3)c2)c(F)c1. The first kappa shape index (κ1) is 23.5. The number of thioether (sulfide) groups is 1. The molecule has 2 bridgehead atoms. The Hall–Kier alpha value is -2.93. The Kier molecular flexibility index (Phi) is 5.41. The molecule has 3 aromatic rings. The molecule has 13 heteroatoms. The number of pyridine rings is 1. The zero-order valence-electron chi connectivity index (χ0n) is 19.2. The average molecular weight is 522 g/mol. The quantitative estimate of drug-likeness (QED) is 0.496. The lowest BCUT2D eigenvalue weighted by atomic mass is 9.80. The molecule has 2 N–H and O–H groups in total. The number of aromatic nitrogens is 5. The third-order valence-electron chi connectivity index (χ3n) is 7.38. The highest BCUT2D eigenvalue weighted by atomic mass is 32.2. The Labute approximate surface area is 207 Å². The van der Waals surface area contributed by atoms with Crippen molar-refractivity contribution in [2.75, 3.05) is 11.1 Å². The third kappa shape index (κ3) is 3.88. The Balaban J connectivity index is 1.13. The second-order valence-corrected chi connectivity index (χ2v) is 10.8. The lowest BCUT2D eigenvalue weighted by molar-refractivity contribution is -0.141.